The summed E-state index contributed by atoms with van der Waals surface area (Å²) >= 11 is 0. The normalized spacial score (nSPS) is 21.0. The lowest BCUT2D eigenvalue weighted by molar-refractivity contribution is 0.141. The molecule has 0 bridgehead atoms. The van der Waals surface area contributed by atoms with Gasteiger partial charge in [0, 0.05) is 26.2 Å². The second-order valence-electron chi connectivity index (χ2n) is 4.98. The van der Waals surface area contributed by atoms with E-state index in [1.165, 1.54) is 0 Å². The van der Waals surface area contributed by atoms with E-state index in [-0.39, 0.29) is 5.92 Å². The lowest BCUT2D eigenvalue weighted by atomic mass is 10.0. The SMILES string of the molecule is CCC(c1nc(N2CCN(C)CC2)no1)C(C)O. The number of likely N-dealkylation sites (N-methyl/N-ethyl adjacent to an activating group) is 1. The average Bonchev–Trinajstić information content (AvgIpc) is 2.80. The van der Waals surface area contributed by atoms with E-state index in [4.69, 9.17) is 4.52 Å². The number of aliphatic hydroxyl groups excluding tert-OH is 1. The van der Waals surface area contributed by atoms with E-state index >= 15 is 0 Å². The second-order valence-corrected chi connectivity index (χ2v) is 4.98. The molecular formula is C12H22N4O2. The third-order valence-corrected chi connectivity index (χ3v) is 3.56. The Hall–Kier alpha value is -1.14. The maximum atomic E-state index is 9.67. The van der Waals surface area contributed by atoms with Crippen LogP contribution in [0.5, 0.6) is 0 Å². The highest BCUT2D eigenvalue weighted by atomic mass is 16.5. The van der Waals surface area contributed by atoms with Crippen LogP contribution in [-0.2, 0) is 0 Å². The van der Waals surface area contributed by atoms with Gasteiger partial charge in [0.25, 0.3) is 5.95 Å². The van der Waals surface area contributed by atoms with Crippen LogP contribution in [0.4, 0.5) is 5.95 Å². The molecule has 0 aliphatic carbocycles. The molecule has 1 aliphatic heterocycles. The topological polar surface area (TPSA) is 65.6 Å². The molecule has 1 fully saturated rings. The number of anilines is 1. The van der Waals surface area contributed by atoms with Gasteiger partial charge >= 0.3 is 0 Å². The molecule has 1 aromatic rings. The van der Waals surface area contributed by atoms with Gasteiger partial charge in [-0.2, -0.15) is 4.98 Å². The summed E-state index contributed by atoms with van der Waals surface area (Å²) < 4.78 is 5.28. The van der Waals surface area contributed by atoms with Crippen molar-refractivity contribution in [2.75, 3.05) is 38.1 Å². The monoisotopic (exact) mass is 254 g/mol. The predicted octanol–water partition coefficient (Wildman–Crippen LogP) is 0.696. The van der Waals surface area contributed by atoms with Crippen molar-refractivity contribution in [2.24, 2.45) is 0 Å². The summed E-state index contributed by atoms with van der Waals surface area (Å²) in [5.74, 6) is 1.12. The minimum Gasteiger partial charge on any atom is -0.393 e. The number of hydrogen-bond acceptors (Lipinski definition) is 6. The number of rotatable bonds is 4. The van der Waals surface area contributed by atoms with Crippen molar-refractivity contribution in [3.63, 3.8) is 0 Å². The maximum absolute atomic E-state index is 9.67. The van der Waals surface area contributed by atoms with Crippen LogP contribution in [0, 0.1) is 0 Å². The number of aliphatic hydroxyl groups is 1. The first-order chi connectivity index (χ1) is 8.61. The molecule has 0 aromatic carbocycles. The van der Waals surface area contributed by atoms with Crippen LogP contribution in [0.1, 0.15) is 32.1 Å². The smallest absolute Gasteiger partial charge is 0.266 e. The minimum absolute atomic E-state index is 0.0706. The van der Waals surface area contributed by atoms with Gasteiger partial charge < -0.3 is 19.4 Å². The van der Waals surface area contributed by atoms with E-state index in [0.29, 0.717) is 11.8 Å². The number of piperazine rings is 1. The molecule has 102 valence electrons. The van der Waals surface area contributed by atoms with Crippen LogP contribution in [0.25, 0.3) is 0 Å². The molecule has 0 radical (unpaired) electrons. The van der Waals surface area contributed by atoms with Crippen molar-refractivity contribution < 1.29 is 9.63 Å². The van der Waals surface area contributed by atoms with E-state index in [0.717, 1.165) is 32.6 Å². The Balaban J connectivity index is 2.05. The molecule has 6 nitrogen and oxygen atoms in total. The summed E-state index contributed by atoms with van der Waals surface area (Å²) in [7, 11) is 2.11. The minimum atomic E-state index is -0.462. The van der Waals surface area contributed by atoms with Crippen molar-refractivity contribution in [1.29, 1.82) is 0 Å². The van der Waals surface area contributed by atoms with Crippen molar-refractivity contribution in [3.8, 4) is 0 Å². The summed E-state index contributed by atoms with van der Waals surface area (Å²) in [4.78, 5) is 8.83. The van der Waals surface area contributed by atoms with Gasteiger partial charge in [-0.25, -0.2) is 0 Å². The van der Waals surface area contributed by atoms with Crippen molar-refractivity contribution in [3.05, 3.63) is 5.89 Å². The van der Waals surface area contributed by atoms with E-state index in [1.807, 2.05) is 6.92 Å². The van der Waals surface area contributed by atoms with Crippen LogP contribution < -0.4 is 4.90 Å². The van der Waals surface area contributed by atoms with Gasteiger partial charge in [0.1, 0.15) is 0 Å². The Morgan fingerprint density at radius 1 is 1.33 bits per heavy atom. The third kappa shape index (κ3) is 2.81. The van der Waals surface area contributed by atoms with Gasteiger partial charge in [0.2, 0.25) is 5.89 Å². The summed E-state index contributed by atoms with van der Waals surface area (Å²) in [5, 5.41) is 13.7. The summed E-state index contributed by atoms with van der Waals surface area (Å²) in [6.07, 6.45) is 0.331. The van der Waals surface area contributed by atoms with E-state index in [1.54, 1.807) is 6.92 Å². The van der Waals surface area contributed by atoms with Gasteiger partial charge in [-0.15, -0.1) is 0 Å². The van der Waals surface area contributed by atoms with E-state index in [9.17, 15) is 5.11 Å². The lowest BCUT2D eigenvalue weighted by Gasteiger charge is -2.31. The molecule has 0 saturated carbocycles. The first kappa shape index (κ1) is 13.3. The first-order valence-electron chi connectivity index (χ1n) is 6.57. The van der Waals surface area contributed by atoms with Crippen LogP contribution in [0.15, 0.2) is 4.52 Å². The molecule has 2 atom stereocenters. The highest BCUT2D eigenvalue weighted by Gasteiger charge is 2.24. The van der Waals surface area contributed by atoms with Gasteiger partial charge in [-0.05, 0) is 25.5 Å². The highest BCUT2D eigenvalue weighted by molar-refractivity contribution is 5.29. The Kier molecular flexibility index (Phi) is 4.19. The van der Waals surface area contributed by atoms with E-state index in [2.05, 4.69) is 27.0 Å². The average molecular weight is 254 g/mol. The number of nitrogens with zero attached hydrogens (tertiary/aromatic N) is 4. The summed E-state index contributed by atoms with van der Waals surface area (Å²) in [6, 6.07) is 0. The third-order valence-electron chi connectivity index (χ3n) is 3.56. The Morgan fingerprint density at radius 2 is 2.00 bits per heavy atom. The van der Waals surface area contributed by atoms with Gasteiger partial charge in [0.15, 0.2) is 0 Å². The maximum Gasteiger partial charge on any atom is 0.266 e. The van der Waals surface area contributed by atoms with Gasteiger partial charge in [-0.3, -0.25) is 0 Å². The fraction of sp³-hybridized carbons (Fsp3) is 0.833. The molecular weight excluding hydrogens is 232 g/mol. The van der Waals surface area contributed by atoms with Crippen molar-refractivity contribution >= 4 is 5.95 Å². The van der Waals surface area contributed by atoms with Gasteiger partial charge in [-0.1, -0.05) is 6.92 Å². The zero-order chi connectivity index (χ0) is 13.1. The predicted molar refractivity (Wildman–Crippen MR) is 68.7 cm³/mol. The standard InChI is InChI=1S/C12H22N4O2/c1-4-10(9(2)17)11-13-12(14-18-11)16-7-5-15(3)6-8-16/h9-10,17H,4-8H2,1-3H3. The Morgan fingerprint density at radius 3 is 2.56 bits per heavy atom. The molecule has 1 aliphatic rings. The van der Waals surface area contributed by atoms with Crippen molar-refractivity contribution in [1.82, 2.24) is 15.0 Å². The molecule has 1 saturated heterocycles. The highest BCUT2D eigenvalue weighted by Crippen LogP contribution is 2.23. The lowest BCUT2D eigenvalue weighted by Crippen LogP contribution is -2.44. The van der Waals surface area contributed by atoms with Crippen LogP contribution in [0.2, 0.25) is 0 Å². The van der Waals surface area contributed by atoms with Crippen molar-refractivity contribution in [2.45, 2.75) is 32.3 Å². The number of hydrogen-bond donors (Lipinski definition) is 1. The fourth-order valence-electron chi connectivity index (χ4n) is 2.23. The number of aromatic nitrogens is 2. The fourth-order valence-corrected chi connectivity index (χ4v) is 2.23. The second kappa shape index (κ2) is 5.67. The summed E-state index contributed by atoms with van der Waals surface area (Å²) in [5.41, 5.74) is 0. The van der Waals surface area contributed by atoms with Crippen LogP contribution >= 0.6 is 0 Å². The Bertz CT molecular complexity index is 372. The van der Waals surface area contributed by atoms with Crippen LogP contribution in [0.3, 0.4) is 0 Å². The molecule has 6 heteroatoms. The molecule has 2 unspecified atom stereocenters. The van der Waals surface area contributed by atoms with Crippen LogP contribution in [-0.4, -0.2) is 59.5 Å². The summed E-state index contributed by atoms with van der Waals surface area (Å²) in [6.45, 7) is 7.63. The molecule has 0 amide bonds. The first-order valence-corrected chi connectivity index (χ1v) is 6.57. The quantitative estimate of drug-likeness (QED) is 0.853. The largest absolute Gasteiger partial charge is 0.393 e. The molecule has 1 N–H and O–H groups in total. The van der Waals surface area contributed by atoms with E-state index < -0.39 is 6.10 Å². The molecule has 18 heavy (non-hydrogen) atoms. The Labute approximate surface area is 108 Å². The zero-order valence-electron chi connectivity index (χ0n) is 11.3. The molecule has 2 rings (SSSR count). The molecule has 1 aromatic heterocycles. The zero-order valence-corrected chi connectivity index (χ0v) is 11.3. The van der Waals surface area contributed by atoms with Gasteiger partial charge in [0.05, 0.1) is 12.0 Å². The molecule has 2 heterocycles. The molecule has 0 spiro atoms.